The summed E-state index contributed by atoms with van der Waals surface area (Å²) >= 11 is 6.19. The molecule has 2 atom stereocenters. The molecule has 0 spiro atoms. The van der Waals surface area contributed by atoms with Crippen LogP contribution in [0.1, 0.15) is 42.6 Å². The first-order chi connectivity index (χ1) is 14.0. The third kappa shape index (κ3) is 5.55. The number of carbonyl (C=O) groups is 1. The van der Waals surface area contributed by atoms with Crippen LogP contribution < -0.4 is 16.0 Å². The molecule has 0 bridgehead atoms. The number of hydrogen-bond donors (Lipinski definition) is 3. The Balaban J connectivity index is 1.57. The summed E-state index contributed by atoms with van der Waals surface area (Å²) in [5.41, 5.74) is 1.30. The lowest BCUT2D eigenvalue weighted by molar-refractivity contribution is -0.126. The molecule has 1 aromatic carbocycles. The molecule has 0 aliphatic heterocycles. The highest BCUT2D eigenvalue weighted by molar-refractivity contribution is 6.31. The molecule has 1 amide bonds. The molecule has 2 unspecified atom stereocenters. The fraction of sp³-hybridized carbons (Fsp3) is 0.450. The second kappa shape index (κ2) is 9.52. The Kier molecular flexibility index (Phi) is 6.83. The molecule has 1 heterocycles. The molecule has 1 aliphatic carbocycles. The molecule has 0 radical (unpaired) electrons. The first-order valence-corrected chi connectivity index (χ1v) is 9.99. The highest BCUT2D eigenvalue weighted by Gasteiger charge is 2.27. The molecule has 1 aliphatic rings. The zero-order valence-corrected chi connectivity index (χ0v) is 17.3. The average Bonchev–Trinajstić information content (AvgIpc) is 2.72. The zero-order valence-electron chi connectivity index (χ0n) is 16.5. The lowest BCUT2D eigenvalue weighted by Gasteiger charge is -2.29. The predicted octanol–water partition coefficient (Wildman–Crippen LogP) is 3.03. The number of hydrogen-bond acceptors (Lipinski definition) is 7. The van der Waals surface area contributed by atoms with Gasteiger partial charge >= 0.3 is 0 Å². The van der Waals surface area contributed by atoms with E-state index in [4.69, 9.17) is 16.9 Å². The van der Waals surface area contributed by atoms with Crippen LogP contribution >= 0.6 is 11.6 Å². The van der Waals surface area contributed by atoms with E-state index in [9.17, 15) is 4.79 Å². The van der Waals surface area contributed by atoms with Crippen LogP contribution in [0.25, 0.3) is 0 Å². The molecule has 29 heavy (non-hydrogen) atoms. The molecule has 1 saturated carbocycles. The van der Waals surface area contributed by atoms with Gasteiger partial charge in [-0.2, -0.15) is 20.2 Å². The van der Waals surface area contributed by atoms with Crippen LogP contribution in [0.4, 0.5) is 11.9 Å². The van der Waals surface area contributed by atoms with Gasteiger partial charge in [0.15, 0.2) is 0 Å². The highest BCUT2D eigenvalue weighted by Crippen LogP contribution is 2.27. The van der Waals surface area contributed by atoms with Crippen LogP contribution in [-0.2, 0) is 11.3 Å². The maximum Gasteiger partial charge on any atom is 0.227 e. The fourth-order valence-corrected chi connectivity index (χ4v) is 3.73. The summed E-state index contributed by atoms with van der Waals surface area (Å²) in [5.74, 6) is 1.61. The van der Waals surface area contributed by atoms with Gasteiger partial charge in [-0.05, 0) is 43.9 Å². The van der Waals surface area contributed by atoms with Crippen molar-refractivity contribution in [1.29, 1.82) is 5.26 Å². The Labute approximate surface area is 175 Å². The minimum Gasteiger partial charge on any atom is -0.357 e. The van der Waals surface area contributed by atoms with E-state index in [0.717, 1.165) is 24.8 Å². The van der Waals surface area contributed by atoms with Crippen molar-refractivity contribution in [2.24, 2.45) is 5.92 Å². The SMILES string of the molecule is CNc1nc(C)nc(NC2CCCC(C(=O)NCc3ccc(C#N)cc3Cl)C2)n1. The van der Waals surface area contributed by atoms with E-state index < -0.39 is 0 Å². The smallest absolute Gasteiger partial charge is 0.227 e. The van der Waals surface area contributed by atoms with Crippen LogP contribution in [0.3, 0.4) is 0 Å². The van der Waals surface area contributed by atoms with Crippen molar-refractivity contribution >= 4 is 29.4 Å². The van der Waals surface area contributed by atoms with Crippen LogP contribution in [-0.4, -0.2) is 33.9 Å². The Morgan fingerprint density at radius 2 is 2.07 bits per heavy atom. The zero-order chi connectivity index (χ0) is 20.8. The number of nitriles is 1. The maximum absolute atomic E-state index is 12.7. The van der Waals surface area contributed by atoms with Gasteiger partial charge in [0.25, 0.3) is 0 Å². The lowest BCUT2D eigenvalue weighted by Crippen LogP contribution is -2.37. The Morgan fingerprint density at radius 1 is 1.28 bits per heavy atom. The number of carbonyl (C=O) groups excluding carboxylic acids is 1. The largest absolute Gasteiger partial charge is 0.357 e. The molecule has 3 rings (SSSR count). The first-order valence-electron chi connectivity index (χ1n) is 9.61. The number of nitrogens with one attached hydrogen (secondary N) is 3. The number of anilines is 2. The van der Waals surface area contributed by atoms with Crippen LogP contribution in [0, 0.1) is 24.2 Å². The molecule has 0 saturated heterocycles. The summed E-state index contributed by atoms with van der Waals surface area (Å²) in [4.78, 5) is 25.5. The average molecular weight is 414 g/mol. The molecule has 1 fully saturated rings. The second-order valence-electron chi connectivity index (χ2n) is 7.12. The number of amides is 1. The topological polar surface area (TPSA) is 116 Å². The van der Waals surface area contributed by atoms with Crippen molar-refractivity contribution in [1.82, 2.24) is 20.3 Å². The van der Waals surface area contributed by atoms with E-state index >= 15 is 0 Å². The number of nitrogens with zero attached hydrogens (tertiary/aromatic N) is 4. The van der Waals surface area contributed by atoms with Gasteiger partial charge in [0.2, 0.25) is 17.8 Å². The predicted molar refractivity (Wildman–Crippen MR) is 111 cm³/mol. The monoisotopic (exact) mass is 413 g/mol. The van der Waals surface area contributed by atoms with Crippen molar-refractivity contribution in [2.45, 2.75) is 45.2 Å². The summed E-state index contributed by atoms with van der Waals surface area (Å²) in [6.45, 7) is 2.16. The lowest BCUT2D eigenvalue weighted by atomic mass is 9.85. The number of aromatic nitrogens is 3. The Hall–Kier alpha value is -2.92. The van der Waals surface area contributed by atoms with E-state index in [2.05, 4.69) is 37.0 Å². The van der Waals surface area contributed by atoms with Crippen LogP contribution in [0.2, 0.25) is 5.02 Å². The number of halogens is 1. The van der Waals surface area contributed by atoms with Gasteiger partial charge in [-0.3, -0.25) is 4.79 Å². The molecule has 3 N–H and O–H groups in total. The van der Waals surface area contributed by atoms with Gasteiger partial charge in [-0.1, -0.05) is 24.1 Å². The minimum absolute atomic E-state index is 0.0136. The van der Waals surface area contributed by atoms with E-state index in [0.29, 0.717) is 41.3 Å². The molecule has 2 aromatic rings. The van der Waals surface area contributed by atoms with E-state index in [1.165, 1.54) is 0 Å². The summed E-state index contributed by atoms with van der Waals surface area (Å²) in [7, 11) is 1.76. The van der Waals surface area contributed by atoms with Gasteiger partial charge < -0.3 is 16.0 Å². The van der Waals surface area contributed by atoms with Gasteiger partial charge in [0.05, 0.1) is 11.6 Å². The van der Waals surface area contributed by atoms with Gasteiger partial charge in [-0.15, -0.1) is 0 Å². The first kappa shape index (κ1) is 20.8. The normalized spacial score (nSPS) is 18.6. The Morgan fingerprint density at radius 3 is 2.79 bits per heavy atom. The van der Waals surface area contributed by atoms with Crippen LogP contribution in [0.15, 0.2) is 18.2 Å². The fourth-order valence-electron chi connectivity index (χ4n) is 3.49. The van der Waals surface area contributed by atoms with E-state index in [-0.39, 0.29) is 17.9 Å². The Bertz CT molecular complexity index is 928. The van der Waals surface area contributed by atoms with Gasteiger partial charge in [0.1, 0.15) is 5.82 Å². The van der Waals surface area contributed by atoms with Crippen molar-refractivity contribution < 1.29 is 4.79 Å². The van der Waals surface area contributed by atoms with Gasteiger partial charge in [-0.25, -0.2) is 0 Å². The van der Waals surface area contributed by atoms with Crippen LogP contribution in [0.5, 0.6) is 0 Å². The molecular weight excluding hydrogens is 390 g/mol. The van der Waals surface area contributed by atoms with E-state index in [1.54, 1.807) is 25.2 Å². The summed E-state index contributed by atoms with van der Waals surface area (Å²) in [6, 6.07) is 7.26. The second-order valence-corrected chi connectivity index (χ2v) is 7.53. The molecule has 152 valence electrons. The summed E-state index contributed by atoms with van der Waals surface area (Å²) < 4.78 is 0. The van der Waals surface area contributed by atoms with Crippen molar-refractivity contribution in [2.75, 3.05) is 17.7 Å². The highest BCUT2D eigenvalue weighted by atomic mass is 35.5. The maximum atomic E-state index is 12.7. The summed E-state index contributed by atoms with van der Waals surface area (Å²) in [5, 5.41) is 18.6. The molecule has 9 heteroatoms. The molecule has 1 aromatic heterocycles. The minimum atomic E-state index is -0.0786. The van der Waals surface area contributed by atoms with Crippen molar-refractivity contribution in [3.8, 4) is 6.07 Å². The number of rotatable bonds is 6. The number of aryl methyl sites for hydroxylation is 1. The number of benzene rings is 1. The van der Waals surface area contributed by atoms with E-state index in [1.807, 2.05) is 6.92 Å². The third-order valence-corrected chi connectivity index (χ3v) is 5.34. The standard InChI is InChI=1S/C20H24ClN7O/c1-12-25-19(23-2)28-20(26-12)27-16-5-3-4-14(9-16)18(29)24-11-15-7-6-13(10-22)8-17(15)21/h6-8,14,16H,3-5,9,11H2,1-2H3,(H,24,29)(H2,23,25,26,27,28). The third-order valence-electron chi connectivity index (χ3n) is 4.98. The molecular formula is C20H24ClN7O. The summed E-state index contributed by atoms with van der Waals surface area (Å²) in [6.07, 6.45) is 3.48. The quantitative estimate of drug-likeness (QED) is 0.666. The molecule has 8 nitrogen and oxygen atoms in total. The van der Waals surface area contributed by atoms with Crippen molar-refractivity contribution in [3.63, 3.8) is 0 Å². The van der Waals surface area contributed by atoms with Gasteiger partial charge in [0, 0.05) is 30.6 Å². The van der Waals surface area contributed by atoms with Crippen molar-refractivity contribution in [3.05, 3.63) is 40.2 Å².